The Bertz CT molecular complexity index is 2000. The van der Waals surface area contributed by atoms with Gasteiger partial charge in [-0.15, -0.1) is 0 Å². The van der Waals surface area contributed by atoms with Crippen molar-refractivity contribution in [3.63, 3.8) is 0 Å². The maximum absolute atomic E-state index is 13.1. The minimum atomic E-state index is -4.97. The van der Waals surface area contributed by atoms with E-state index in [4.69, 9.17) is 37.0 Å². The van der Waals surface area contributed by atoms with Crippen LogP contribution in [-0.4, -0.2) is 96.7 Å². The van der Waals surface area contributed by atoms with Gasteiger partial charge in [-0.05, 0) is 57.3 Å². The molecular formula is C81H154O17P2. The second-order valence-corrected chi connectivity index (χ2v) is 31.9. The van der Waals surface area contributed by atoms with Crippen LogP contribution in [-0.2, 0) is 65.4 Å². The molecule has 0 rings (SSSR count). The van der Waals surface area contributed by atoms with Gasteiger partial charge in [0, 0.05) is 25.7 Å². The second kappa shape index (κ2) is 73.4. The molecule has 0 saturated heterocycles. The average Bonchev–Trinajstić information content (AvgIpc) is 0.913. The summed E-state index contributed by atoms with van der Waals surface area (Å²) < 4.78 is 68.6. The summed E-state index contributed by atoms with van der Waals surface area (Å²) in [6.07, 6.45) is 67.6. The molecule has 3 N–H and O–H groups in total. The predicted molar refractivity (Wildman–Crippen MR) is 409 cm³/mol. The first kappa shape index (κ1) is 97.5. The Balaban J connectivity index is 5.25. The lowest BCUT2D eigenvalue weighted by molar-refractivity contribution is -0.161. The third-order valence-corrected chi connectivity index (χ3v) is 20.3. The fourth-order valence-electron chi connectivity index (χ4n) is 12.0. The van der Waals surface area contributed by atoms with Crippen molar-refractivity contribution in [1.29, 1.82) is 0 Å². The van der Waals surface area contributed by atoms with Crippen molar-refractivity contribution in [3.05, 3.63) is 24.3 Å². The first-order valence-electron chi connectivity index (χ1n) is 41.5. The molecule has 0 aromatic carbocycles. The Hall–Kier alpha value is -2.46. The first-order valence-corrected chi connectivity index (χ1v) is 44.4. The third-order valence-electron chi connectivity index (χ3n) is 18.4. The molecule has 0 fully saturated rings. The maximum atomic E-state index is 13.1. The van der Waals surface area contributed by atoms with Crippen LogP contribution in [0.25, 0.3) is 0 Å². The number of phosphoric ester groups is 2. The number of esters is 4. The Morgan fingerprint density at radius 3 is 0.820 bits per heavy atom. The molecule has 100 heavy (non-hydrogen) atoms. The van der Waals surface area contributed by atoms with Crippen LogP contribution in [0, 0.1) is 5.92 Å². The van der Waals surface area contributed by atoms with Crippen LogP contribution in [0.1, 0.15) is 407 Å². The molecular weight excluding hydrogens is 1310 g/mol. The zero-order valence-corrected chi connectivity index (χ0v) is 66.6. The van der Waals surface area contributed by atoms with Crippen molar-refractivity contribution in [2.45, 2.75) is 425 Å². The smallest absolute Gasteiger partial charge is 0.462 e. The molecule has 0 spiro atoms. The lowest BCUT2D eigenvalue weighted by Crippen LogP contribution is -2.30. The van der Waals surface area contributed by atoms with E-state index in [2.05, 4.69) is 58.9 Å². The normalized spacial score (nSPS) is 14.0. The molecule has 17 nitrogen and oxygen atoms in total. The highest BCUT2D eigenvalue weighted by atomic mass is 31.2. The summed E-state index contributed by atoms with van der Waals surface area (Å²) in [4.78, 5) is 72.9. The summed E-state index contributed by atoms with van der Waals surface area (Å²) in [6.45, 7) is 7.18. The van der Waals surface area contributed by atoms with Gasteiger partial charge in [0.05, 0.1) is 26.4 Å². The van der Waals surface area contributed by atoms with E-state index in [0.29, 0.717) is 31.6 Å². The lowest BCUT2D eigenvalue weighted by atomic mass is 10.0. The van der Waals surface area contributed by atoms with Crippen molar-refractivity contribution in [2.75, 3.05) is 39.6 Å². The summed E-state index contributed by atoms with van der Waals surface area (Å²) in [5.74, 6) is -1.46. The molecule has 0 saturated carbocycles. The highest BCUT2D eigenvalue weighted by molar-refractivity contribution is 7.47. The van der Waals surface area contributed by atoms with Gasteiger partial charge in [-0.1, -0.05) is 354 Å². The van der Waals surface area contributed by atoms with Gasteiger partial charge in [0.2, 0.25) is 0 Å². The number of carbonyl (C=O) groups is 4. The number of allylic oxidation sites excluding steroid dienone is 4. The molecule has 0 bridgehead atoms. The number of rotatable bonds is 79. The Morgan fingerprint density at radius 2 is 0.540 bits per heavy atom. The average molecular weight is 1460 g/mol. The van der Waals surface area contributed by atoms with Crippen molar-refractivity contribution >= 4 is 39.5 Å². The maximum Gasteiger partial charge on any atom is 0.472 e. The van der Waals surface area contributed by atoms with Crippen LogP contribution in [0.4, 0.5) is 0 Å². The van der Waals surface area contributed by atoms with E-state index in [1.807, 2.05) is 0 Å². The van der Waals surface area contributed by atoms with Gasteiger partial charge in [-0.25, -0.2) is 9.13 Å². The number of aliphatic hydroxyl groups is 1. The summed E-state index contributed by atoms with van der Waals surface area (Å²) in [6, 6.07) is 0. The van der Waals surface area contributed by atoms with Gasteiger partial charge in [-0.3, -0.25) is 37.3 Å². The molecule has 0 heterocycles. The van der Waals surface area contributed by atoms with Crippen molar-refractivity contribution in [1.82, 2.24) is 0 Å². The molecule has 0 aliphatic heterocycles. The quantitative estimate of drug-likeness (QED) is 0.0169. The SMILES string of the molecule is CCCCCC/C=C\C=C/CCCCCCCC(=O)O[C@H](COC(=O)CCCCCCCCC(C)C)COP(=O)(O)OC[C@H](O)COP(=O)(O)OC[C@@H](COC(=O)CCCCCCCCCCCCCCCCCCC)OC(=O)CCCCCCCCCCCCCCCCCCCCC. The van der Waals surface area contributed by atoms with Gasteiger partial charge in [0.1, 0.15) is 19.3 Å². The molecule has 590 valence electrons. The van der Waals surface area contributed by atoms with Gasteiger partial charge in [0.15, 0.2) is 12.2 Å². The summed E-state index contributed by atoms with van der Waals surface area (Å²) in [7, 11) is -9.93. The van der Waals surface area contributed by atoms with Crippen LogP contribution >= 0.6 is 15.6 Å². The largest absolute Gasteiger partial charge is 0.472 e. The van der Waals surface area contributed by atoms with E-state index in [0.717, 1.165) is 109 Å². The molecule has 0 radical (unpaired) electrons. The zero-order chi connectivity index (χ0) is 73.4. The van der Waals surface area contributed by atoms with E-state index >= 15 is 0 Å². The summed E-state index contributed by atoms with van der Waals surface area (Å²) in [5.41, 5.74) is 0. The second-order valence-electron chi connectivity index (χ2n) is 29.0. The third kappa shape index (κ3) is 73.8. The Morgan fingerprint density at radius 1 is 0.310 bits per heavy atom. The van der Waals surface area contributed by atoms with Gasteiger partial charge in [0.25, 0.3) is 0 Å². The zero-order valence-electron chi connectivity index (χ0n) is 64.8. The molecule has 0 aliphatic rings. The molecule has 0 amide bonds. The van der Waals surface area contributed by atoms with Crippen LogP contribution in [0.3, 0.4) is 0 Å². The highest BCUT2D eigenvalue weighted by Gasteiger charge is 2.30. The Kier molecular flexibility index (Phi) is 71.6. The summed E-state index contributed by atoms with van der Waals surface area (Å²) >= 11 is 0. The molecule has 2 unspecified atom stereocenters. The fourth-order valence-corrected chi connectivity index (χ4v) is 13.6. The number of carbonyl (C=O) groups excluding carboxylic acids is 4. The standard InChI is InChI=1S/C81H154O17P2/c1-6-9-12-15-18-21-24-27-30-32-33-35-38-41-44-47-50-57-62-66-80(85)97-76(70-91-78(83)64-59-54-48-45-42-39-37-34-31-28-25-22-19-16-13-10-7-2)72-95-99(87,88)93-68-75(82)69-94-100(89,90)96-73-77(71-92-79(84)65-60-55-52-51-53-58-63-74(4)5)98-81(86)67-61-56-49-46-43-40-36-29-26-23-20-17-14-11-8-3/h23,26,29,36,74-77,82H,6-22,24-25,27-28,30-35,37-73H2,1-5H3,(H,87,88)(H,89,90)/b26-23-,36-29-/t75-,76-,77-/m1/s1. The molecule has 0 aromatic heterocycles. The molecule has 19 heteroatoms. The monoisotopic (exact) mass is 1460 g/mol. The van der Waals surface area contributed by atoms with Crippen molar-refractivity contribution in [2.24, 2.45) is 5.92 Å². The van der Waals surface area contributed by atoms with Crippen LogP contribution in [0.2, 0.25) is 0 Å². The van der Waals surface area contributed by atoms with Gasteiger partial charge in [-0.2, -0.15) is 0 Å². The Labute approximate surface area is 612 Å². The number of aliphatic hydroxyl groups excluding tert-OH is 1. The van der Waals surface area contributed by atoms with E-state index < -0.39 is 97.5 Å². The van der Waals surface area contributed by atoms with Crippen molar-refractivity contribution < 1.29 is 80.2 Å². The molecule has 5 atom stereocenters. The highest BCUT2D eigenvalue weighted by Crippen LogP contribution is 2.45. The summed E-state index contributed by atoms with van der Waals surface area (Å²) in [5, 5.41) is 10.6. The van der Waals surface area contributed by atoms with E-state index in [1.165, 1.54) is 212 Å². The number of ether oxygens (including phenoxy) is 4. The van der Waals surface area contributed by atoms with Crippen LogP contribution in [0.15, 0.2) is 24.3 Å². The predicted octanol–water partition coefficient (Wildman–Crippen LogP) is 24.0. The fraction of sp³-hybridized carbons (Fsp3) is 0.901. The van der Waals surface area contributed by atoms with Gasteiger partial charge < -0.3 is 33.8 Å². The molecule has 0 aliphatic carbocycles. The number of unbranched alkanes of at least 4 members (excludes halogenated alkanes) is 48. The lowest BCUT2D eigenvalue weighted by Gasteiger charge is -2.21. The van der Waals surface area contributed by atoms with Crippen LogP contribution < -0.4 is 0 Å². The van der Waals surface area contributed by atoms with E-state index in [9.17, 15) is 43.2 Å². The molecule has 0 aromatic rings. The van der Waals surface area contributed by atoms with Gasteiger partial charge >= 0.3 is 39.5 Å². The van der Waals surface area contributed by atoms with Crippen LogP contribution in [0.5, 0.6) is 0 Å². The minimum Gasteiger partial charge on any atom is -0.462 e. The topological polar surface area (TPSA) is 237 Å². The number of hydrogen-bond donors (Lipinski definition) is 3. The van der Waals surface area contributed by atoms with Crippen molar-refractivity contribution in [3.8, 4) is 0 Å². The number of phosphoric acid groups is 2. The first-order chi connectivity index (χ1) is 48.5. The minimum absolute atomic E-state index is 0.0844. The number of hydrogen-bond acceptors (Lipinski definition) is 15. The van der Waals surface area contributed by atoms with E-state index in [-0.39, 0.29) is 25.7 Å². The van der Waals surface area contributed by atoms with E-state index in [1.54, 1.807) is 0 Å².